The summed E-state index contributed by atoms with van der Waals surface area (Å²) in [6.07, 6.45) is 1.72. The number of hydrogen-bond donors (Lipinski definition) is 1. The third-order valence-electron chi connectivity index (χ3n) is 3.23. The van der Waals surface area contributed by atoms with E-state index in [4.69, 9.17) is 0 Å². The maximum Gasteiger partial charge on any atom is 0.137 e. The van der Waals surface area contributed by atoms with Crippen LogP contribution in [0.2, 0.25) is 0 Å². The second kappa shape index (κ2) is 7.01. The Balaban J connectivity index is 2.06. The van der Waals surface area contributed by atoms with Crippen LogP contribution in [-0.4, -0.2) is 18.4 Å². The number of benzene rings is 2. The molecule has 0 aliphatic carbocycles. The first-order chi connectivity index (χ1) is 9.69. The molecule has 0 radical (unpaired) electrons. The predicted molar refractivity (Wildman–Crippen MR) is 83.7 cm³/mol. The minimum atomic E-state index is -0.113. The van der Waals surface area contributed by atoms with Gasteiger partial charge < -0.3 is 10.1 Å². The Morgan fingerprint density at radius 1 is 0.950 bits per heavy atom. The van der Waals surface area contributed by atoms with E-state index < -0.39 is 0 Å². The van der Waals surface area contributed by atoms with Crippen LogP contribution in [0, 0.1) is 0 Å². The molecule has 0 amide bonds. The minimum Gasteiger partial charge on any atom is -0.305 e. The van der Waals surface area contributed by atoms with Crippen molar-refractivity contribution in [3.05, 3.63) is 60.2 Å². The van der Waals surface area contributed by atoms with E-state index in [0.29, 0.717) is 6.04 Å². The molecule has 20 heavy (non-hydrogen) atoms. The molecule has 2 heteroatoms. The summed E-state index contributed by atoms with van der Waals surface area (Å²) in [4.78, 5) is 11.1. The van der Waals surface area contributed by atoms with Gasteiger partial charge in [0.25, 0.3) is 0 Å². The average Bonchev–Trinajstić information content (AvgIpc) is 2.48. The third kappa shape index (κ3) is 4.04. The van der Waals surface area contributed by atoms with Crippen molar-refractivity contribution in [2.24, 2.45) is 0 Å². The first-order valence-corrected chi connectivity index (χ1v) is 7.04. The van der Waals surface area contributed by atoms with E-state index in [-0.39, 0.29) is 6.04 Å². The molecule has 0 spiro atoms. The van der Waals surface area contributed by atoms with Gasteiger partial charge in [-0.25, -0.2) is 0 Å². The quantitative estimate of drug-likeness (QED) is 0.812. The van der Waals surface area contributed by atoms with Crippen molar-refractivity contribution in [2.45, 2.75) is 32.4 Å². The van der Waals surface area contributed by atoms with Crippen molar-refractivity contribution in [1.29, 1.82) is 0 Å². The van der Waals surface area contributed by atoms with Gasteiger partial charge >= 0.3 is 0 Å². The SMILES string of the molecule is CC(C)NC(C=O)Cc1ccc(-c2ccccc2)cc1. The molecule has 0 aromatic heterocycles. The highest BCUT2D eigenvalue weighted by Crippen LogP contribution is 2.19. The van der Waals surface area contributed by atoms with Gasteiger partial charge in [-0.3, -0.25) is 0 Å². The van der Waals surface area contributed by atoms with Gasteiger partial charge in [-0.05, 0) is 23.1 Å². The normalized spacial score (nSPS) is 12.3. The molecule has 0 saturated heterocycles. The predicted octanol–water partition coefficient (Wildman–Crippen LogP) is 3.46. The van der Waals surface area contributed by atoms with E-state index in [0.717, 1.165) is 12.7 Å². The highest BCUT2D eigenvalue weighted by atomic mass is 16.1. The molecule has 2 aromatic rings. The monoisotopic (exact) mass is 267 g/mol. The maximum atomic E-state index is 11.1. The summed E-state index contributed by atoms with van der Waals surface area (Å²) in [5, 5.41) is 3.26. The fourth-order valence-electron chi connectivity index (χ4n) is 2.29. The second-order valence-corrected chi connectivity index (χ2v) is 5.33. The molecule has 2 nitrogen and oxygen atoms in total. The number of hydrogen-bond acceptors (Lipinski definition) is 2. The first-order valence-electron chi connectivity index (χ1n) is 7.04. The molecule has 0 aliphatic heterocycles. The van der Waals surface area contributed by atoms with Gasteiger partial charge in [0.2, 0.25) is 0 Å². The molecule has 104 valence electrons. The molecule has 2 rings (SSSR count). The zero-order valence-corrected chi connectivity index (χ0v) is 12.0. The lowest BCUT2D eigenvalue weighted by molar-refractivity contribution is -0.109. The third-order valence-corrected chi connectivity index (χ3v) is 3.23. The summed E-state index contributed by atoms with van der Waals surface area (Å²) in [5.74, 6) is 0. The van der Waals surface area contributed by atoms with Crippen LogP contribution in [0.4, 0.5) is 0 Å². The molecule has 1 N–H and O–H groups in total. The topological polar surface area (TPSA) is 29.1 Å². The van der Waals surface area contributed by atoms with E-state index in [9.17, 15) is 4.79 Å². The molecule has 0 saturated carbocycles. The summed E-state index contributed by atoms with van der Waals surface area (Å²) < 4.78 is 0. The zero-order valence-electron chi connectivity index (χ0n) is 12.0. The summed E-state index contributed by atoms with van der Waals surface area (Å²) in [7, 11) is 0. The highest BCUT2D eigenvalue weighted by molar-refractivity contribution is 5.64. The molecule has 2 aromatic carbocycles. The van der Waals surface area contributed by atoms with E-state index >= 15 is 0 Å². The van der Waals surface area contributed by atoms with Crippen molar-refractivity contribution < 1.29 is 4.79 Å². The Morgan fingerprint density at radius 2 is 1.55 bits per heavy atom. The largest absolute Gasteiger partial charge is 0.305 e. The minimum absolute atomic E-state index is 0.113. The van der Waals surface area contributed by atoms with Crippen LogP contribution in [0.5, 0.6) is 0 Å². The van der Waals surface area contributed by atoms with Crippen molar-refractivity contribution in [2.75, 3.05) is 0 Å². The maximum absolute atomic E-state index is 11.1. The lowest BCUT2D eigenvalue weighted by atomic mass is 10.0. The van der Waals surface area contributed by atoms with Gasteiger partial charge in [-0.1, -0.05) is 68.4 Å². The Morgan fingerprint density at radius 3 is 2.10 bits per heavy atom. The Bertz CT molecular complexity index is 531. The number of nitrogens with one attached hydrogen (secondary N) is 1. The second-order valence-electron chi connectivity index (χ2n) is 5.33. The fourth-order valence-corrected chi connectivity index (χ4v) is 2.29. The van der Waals surface area contributed by atoms with Gasteiger partial charge in [-0.15, -0.1) is 0 Å². The van der Waals surface area contributed by atoms with Gasteiger partial charge in [-0.2, -0.15) is 0 Å². The molecular formula is C18H21NO. The average molecular weight is 267 g/mol. The van der Waals surface area contributed by atoms with E-state index in [2.05, 4.69) is 55.6 Å². The van der Waals surface area contributed by atoms with E-state index in [1.165, 1.54) is 16.7 Å². The van der Waals surface area contributed by atoms with Crippen LogP contribution >= 0.6 is 0 Å². The Hall–Kier alpha value is -1.93. The van der Waals surface area contributed by atoms with Crippen LogP contribution in [-0.2, 0) is 11.2 Å². The number of aldehydes is 1. The van der Waals surface area contributed by atoms with Gasteiger partial charge in [0.1, 0.15) is 6.29 Å². The standard InChI is InChI=1S/C18H21NO/c1-14(2)19-18(13-20)12-15-8-10-17(11-9-15)16-6-4-3-5-7-16/h3-11,13-14,18-19H,12H2,1-2H3. The summed E-state index contributed by atoms with van der Waals surface area (Å²) >= 11 is 0. The molecule has 1 unspecified atom stereocenters. The van der Waals surface area contributed by atoms with Crippen LogP contribution in [0.3, 0.4) is 0 Å². The number of carbonyl (C=O) groups excluding carboxylic acids is 1. The molecule has 1 atom stereocenters. The zero-order chi connectivity index (χ0) is 14.4. The van der Waals surface area contributed by atoms with Crippen LogP contribution in [0.1, 0.15) is 19.4 Å². The van der Waals surface area contributed by atoms with Gasteiger partial charge in [0.05, 0.1) is 6.04 Å². The molecule has 0 heterocycles. The Labute approximate surface area is 120 Å². The summed E-state index contributed by atoms with van der Waals surface area (Å²) in [6.45, 7) is 4.10. The highest BCUT2D eigenvalue weighted by Gasteiger charge is 2.09. The van der Waals surface area contributed by atoms with Crippen LogP contribution < -0.4 is 5.32 Å². The smallest absolute Gasteiger partial charge is 0.137 e. The van der Waals surface area contributed by atoms with Gasteiger partial charge in [0.15, 0.2) is 0 Å². The van der Waals surface area contributed by atoms with Crippen molar-refractivity contribution >= 4 is 6.29 Å². The molecule has 0 bridgehead atoms. The van der Waals surface area contributed by atoms with E-state index in [1.807, 2.05) is 18.2 Å². The van der Waals surface area contributed by atoms with Crippen LogP contribution in [0.25, 0.3) is 11.1 Å². The number of carbonyl (C=O) groups is 1. The molecular weight excluding hydrogens is 246 g/mol. The lowest BCUT2D eigenvalue weighted by Crippen LogP contribution is -2.37. The summed E-state index contributed by atoms with van der Waals surface area (Å²) in [5.41, 5.74) is 3.59. The van der Waals surface area contributed by atoms with E-state index in [1.54, 1.807) is 0 Å². The Kier molecular flexibility index (Phi) is 5.08. The van der Waals surface area contributed by atoms with Crippen molar-refractivity contribution in [3.63, 3.8) is 0 Å². The van der Waals surface area contributed by atoms with Crippen molar-refractivity contribution in [1.82, 2.24) is 5.32 Å². The van der Waals surface area contributed by atoms with Gasteiger partial charge in [0, 0.05) is 6.04 Å². The molecule has 0 aliphatic rings. The summed E-state index contributed by atoms with van der Waals surface area (Å²) in [6, 6.07) is 18.9. The van der Waals surface area contributed by atoms with Crippen molar-refractivity contribution in [3.8, 4) is 11.1 Å². The number of rotatable bonds is 6. The van der Waals surface area contributed by atoms with Crippen LogP contribution in [0.15, 0.2) is 54.6 Å². The molecule has 0 fully saturated rings. The first kappa shape index (κ1) is 14.5. The fraction of sp³-hybridized carbons (Fsp3) is 0.278. The lowest BCUT2D eigenvalue weighted by Gasteiger charge is -2.15.